The number of hydrogen-bond acceptors (Lipinski definition) is 6. The number of nitrogens with one attached hydrogen (secondary N) is 1. The number of para-hydroxylation sites is 1. The van der Waals surface area contributed by atoms with E-state index in [2.05, 4.69) is 5.32 Å². The van der Waals surface area contributed by atoms with Crippen LogP contribution in [0.1, 0.15) is 27.6 Å². The van der Waals surface area contributed by atoms with Gasteiger partial charge in [-0.25, -0.2) is 13.2 Å². The van der Waals surface area contributed by atoms with Crippen molar-refractivity contribution >= 4 is 45.0 Å². The van der Waals surface area contributed by atoms with Crippen LogP contribution in [0.3, 0.4) is 0 Å². The molecule has 0 saturated heterocycles. The van der Waals surface area contributed by atoms with Crippen molar-refractivity contribution in [1.29, 1.82) is 0 Å². The van der Waals surface area contributed by atoms with Crippen LogP contribution >= 0.6 is 11.8 Å². The van der Waals surface area contributed by atoms with Gasteiger partial charge in [-0.2, -0.15) is 0 Å². The SMILES string of the molecule is CCN(c1ccc(C(=O)Nc2ccccc2C(=O)OC)cc1)S(=O)(=O)c1ccc(SC)cc1. The second-order valence-corrected chi connectivity index (χ2v) is 9.63. The zero-order valence-electron chi connectivity index (χ0n) is 18.4. The molecular weight excluding hydrogens is 460 g/mol. The lowest BCUT2D eigenvalue weighted by Crippen LogP contribution is -2.30. The molecule has 3 aromatic rings. The number of rotatable bonds is 8. The van der Waals surface area contributed by atoms with E-state index in [0.29, 0.717) is 16.9 Å². The number of thioether (sulfide) groups is 1. The third-order valence-corrected chi connectivity index (χ3v) is 7.59. The molecule has 0 bridgehead atoms. The van der Waals surface area contributed by atoms with Crippen LogP contribution in [0.2, 0.25) is 0 Å². The van der Waals surface area contributed by atoms with Crippen LogP contribution in [-0.2, 0) is 14.8 Å². The molecule has 9 heteroatoms. The van der Waals surface area contributed by atoms with Gasteiger partial charge in [0.2, 0.25) is 0 Å². The van der Waals surface area contributed by atoms with Crippen molar-refractivity contribution in [3.63, 3.8) is 0 Å². The summed E-state index contributed by atoms with van der Waals surface area (Å²) in [6.07, 6.45) is 1.92. The zero-order valence-corrected chi connectivity index (χ0v) is 20.1. The molecule has 0 saturated carbocycles. The summed E-state index contributed by atoms with van der Waals surface area (Å²) >= 11 is 1.54. The number of carbonyl (C=O) groups excluding carboxylic acids is 2. The van der Waals surface area contributed by atoms with Gasteiger partial charge in [0.15, 0.2) is 0 Å². The Morgan fingerprint density at radius 1 is 0.970 bits per heavy atom. The Labute approximate surface area is 197 Å². The summed E-state index contributed by atoms with van der Waals surface area (Å²) < 4.78 is 32.3. The summed E-state index contributed by atoms with van der Waals surface area (Å²) in [7, 11) is -2.49. The van der Waals surface area contributed by atoms with E-state index in [-0.39, 0.29) is 17.0 Å². The molecular formula is C24H24N2O5S2. The summed E-state index contributed by atoms with van der Waals surface area (Å²) in [4.78, 5) is 25.8. The van der Waals surface area contributed by atoms with Crippen molar-refractivity contribution in [2.75, 3.05) is 29.5 Å². The van der Waals surface area contributed by atoms with Gasteiger partial charge in [0.1, 0.15) is 0 Å². The quantitative estimate of drug-likeness (QED) is 0.369. The van der Waals surface area contributed by atoms with Gasteiger partial charge in [0.25, 0.3) is 15.9 Å². The van der Waals surface area contributed by atoms with Crippen LogP contribution in [0.4, 0.5) is 11.4 Å². The lowest BCUT2D eigenvalue weighted by Gasteiger charge is -2.23. The minimum atomic E-state index is -3.76. The number of methoxy groups -OCH3 is 1. The van der Waals surface area contributed by atoms with Gasteiger partial charge < -0.3 is 10.1 Å². The largest absolute Gasteiger partial charge is 0.465 e. The molecule has 0 atom stereocenters. The number of benzene rings is 3. The fraction of sp³-hybridized carbons (Fsp3) is 0.167. The molecule has 0 unspecified atom stereocenters. The van der Waals surface area contributed by atoms with E-state index in [0.717, 1.165) is 4.90 Å². The van der Waals surface area contributed by atoms with Crippen LogP contribution in [-0.4, -0.2) is 40.2 Å². The van der Waals surface area contributed by atoms with Crippen molar-refractivity contribution in [2.45, 2.75) is 16.7 Å². The normalized spacial score (nSPS) is 11.0. The van der Waals surface area contributed by atoms with Gasteiger partial charge in [0.05, 0.1) is 28.9 Å². The Kier molecular flexibility index (Phi) is 7.78. The van der Waals surface area contributed by atoms with Gasteiger partial charge in [-0.05, 0) is 73.8 Å². The van der Waals surface area contributed by atoms with Crippen LogP contribution in [0.15, 0.2) is 82.6 Å². The molecule has 0 heterocycles. The van der Waals surface area contributed by atoms with Crippen molar-refractivity contribution in [2.24, 2.45) is 0 Å². The topological polar surface area (TPSA) is 92.8 Å². The summed E-state index contributed by atoms with van der Waals surface area (Å²) in [5, 5.41) is 2.70. The van der Waals surface area contributed by atoms with Crippen molar-refractivity contribution in [3.8, 4) is 0 Å². The van der Waals surface area contributed by atoms with E-state index in [1.165, 1.54) is 23.2 Å². The zero-order chi connectivity index (χ0) is 24.0. The highest BCUT2D eigenvalue weighted by Gasteiger charge is 2.24. The maximum Gasteiger partial charge on any atom is 0.339 e. The molecule has 3 aromatic carbocycles. The lowest BCUT2D eigenvalue weighted by atomic mass is 10.1. The molecule has 0 aliphatic rings. The number of esters is 1. The Morgan fingerprint density at radius 2 is 1.61 bits per heavy atom. The van der Waals surface area contributed by atoms with E-state index in [1.54, 1.807) is 79.7 Å². The molecule has 33 heavy (non-hydrogen) atoms. The number of amides is 1. The number of carbonyl (C=O) groups is 2. The molecule has 0 spiro atoms. The van der Waals surface area contributed by atoms with Crippen LogP contribution in [0, 0.1) is 0 Å². The standard InChI is InChI=1S/C24H24N2O5S2/c1-4-26(33(29,30)20-15-13-19(32-3)14-16-20)18-11-9-17(10-12-18)23(27)25-22-8-6-5-7-21(22)24(28)31-2/h5-16H,4H2,1-3H3,(H,25,27). The summed E-state index contributed by atoms with van der Waals surface area (Å²) in [6, 6.07) is 19.5. The first kappa shape index (κ1) is 24.3. The van der Waals surface area contributed by atoms with Crippen molar-refractivity contribution in [1.82, 2.24) is 0 Å². The van der Waals surface area contributed by atoms with Gasteiger partial charge in [-0.15, -0.1) is 11.8 Å². The highest BCUT2D eigenvalue weighted by Crippen LogP contribution is 2.26. The highest BCUT2D eigenvalue weighted by molar-refractivity contribution is 7.98. The molecule has 3 rings (SSSR count). The van der Waals surface area contributed by atoms with E-state index in [9.17, 15) is 18.0 Å². The average molecular weight is 485 g/mol. The number of sulfonamides is 1. The smallest absolute Gasteiger partial charge is 0.339 e. The first-order valence-electron chi connectivity index (χ1n) is 10.1. The van der Waals surface area contributed by atoms with Gasteiger partial charge >= 0.3 is 5.97 Å². The number of hydrogen-bond donors (Lipinski definition) is 1. The van der Waals surface area contributed by atoms with Gasteiger partial charge in [0, 0.05) is 17.0 Å². The third kappa shape index (κ3) is 5.37. The van der Waals surface area contributed by atoms with E-state index in [1.807, 2.05) is 6.26 Å². The maximum atomic E-state index is 13.1. The molecule has 0 aliphatic carbocycles. The molecule has 0 aliphatic heterocycles. The monoisotopic (exact) mass is 484 g/mol. The van der Waals surface area contributed by atoms with Crippen molar-refractivity contribution < 1.29 is 22.7 Å². The predicted octanol–water partition coefficient (Wildman–Crippen LogP) is 4.66. The Morgan fingerprint density at radius 3 is 2.18 bits per heavy atom. The molecule has 7 nitrogen and oxygen atoms in total. The Bertz CT molecular complexity index is 1240. The number of anilines is 2. The molecule has 0 radical (unpaired) electrons. The third-order valence-electron chi connectivity index (χ3n) is 4.93. The molecule has 1 N–H and O–H groups in total. The summed E-state index contributed by atoms with van der Waals surface area (Å²) in [6.45, 7) is 1.98. The second kappa shape index (κ2) is 10.5. The van der Waals surface area contributed by atoms with Gasteiger partial charge in [-0.1, -0.05) is 12.1 Å². The first-order valence-corrected chi connectivity index (χ1v) is 12.7. The minimum absolute atomic E-state index is 0.198. The van der Waals surface area contributed by atoms with Gasteiger partial charge in [-0.3, -0.25) is 9.10 Å². The predicted molar refractivity (Wildman–Crippen MR) is 131 cm³/mol. The van der Waals surface area contributed by atoms with Crippen molar-refractivity contribution in [3.05, 3.63) is 83.9 Å². The highest BCUT2D eigenvalue weighted by atomic mass is 32.2. The first-order chi connectivity index (χ1) is 15.8. The van der Waals surface area contributed by atoms with E-state index in [4.69, 9.17) is 4.74 Å². The van der Waals surface area contributed by atoms with E-state index < -0.39 is 21.9 Å². The molecule has 172 valence electrons. The fourth-order valence-electron chi connectivity index (χ4n) is 3.22. The summed E-state index contributed by atoms with van der Waals surface area (Å²) in [5.74, 6) is -0.993. The summed E-state index contributed by atoms with van der Waals surface area (Å²) in [5.41, 5.74) is 1.32. The molecule has 1 amide bonds. The van der Waals surface area contributed by atoms with Crippen LogP contribution in [0.25, 0.3) is 0 Å². The number of nitrogens with zero attached hydrogens (tertiary/aromatic N) is 1. The Hall–Kier alpha value is -3.30. The van der Waals surface area contributed by atoms with Crippen LogP contribution < -0.4 is 9.62 Å². The minimum Gasteiger partial charge on any atom is -0.465 e. The maximum absolute atomic E-state index is 13.1. The molecule has 0 aromatic heterocycles. The lowest BCUT2D eigenvalue weighted by molar-refractivity contribution is 0.0602. The van der Waals surface area contributed by atoms with E-state index >= 15 is 0 Å². The average Bonchev–Trinajstić information content (AvgIpc) is 2.84. The fourth-order valence-corrected chi connectivity index (χ4v) is 5.10. The second-order valence-electron chi connectivity index (χ2n) is 6.88. The number of ether oxygens (including phenoxy) is 1. The molecule has 0 fully saturated rings. The Balaban J connectivity index is 1.82. The van der Waals surface area contributed by atoms with Crippen LogP contribution in [0.5, 0.6) is 0 Å².